The quantitative estimate of drug-likeness (QED) is 0.356. The molecule has 3 heterocycles. The van der Waals surface area contributed by atoms with Crippen LogP contribution in [0.3, 0.4) is 0 Å². The highest BCUT2D eigenvalue weighted by Gasteiger charge is 3.08. The highest BCUT2D eigenvalue weighted by atomic mass is 16.7. The van der Waals surface area contributed by atoms with E-state index in [4.69, 9.17) is 9.47 Å². The highest BCUT2D eigenvalue weighted by molar-refractivity contribution is 5.87. The van der Waals surface area contributed by atoms with E-state index in [0.717, 1.165) is 0 Å². The largest absolute Gasteiger partial charge is 0.451 e. The van der Waals surface area contributed by atoms with Gasteiger partial charge in [0.1, 0.15) is 33.7 Å². The number of ether oxygens (including phenoxy) is 2. The normalized spacial score (nSPS) is 58.2. The molecule has 4 saturated carbocycles. The van der Waals surface area contributed by atoms with Gasteiger partial charge in [0.25, 0.3) is 0 Å². The fourth-order valence-corrected chi connectivity index (χ4v) is 9.37. The van der Waals surface area contributed by atoms with Crippen LogP contribution in [0.1, 0.15) is 70.3 Å². The second-order valence-corrected chi connectivity index (χ2v) is 11.7. The summed E-state index contributed by atoms with van der Waals surface area (Å²) in [6.07, 6.45) is 1.40. The molecule has 2 aliphatic heterocycles. The van der Waals surface area contributed by atoms with Gasteiger partial charge in [0.05, 0.1) is 5.41 Å². The Morgan fingerprint density at radius 3 is 2.42 bits per heavy atom. The van der Waals surface area contributed by atoms with E-state index in [1.807, 2.05) is 0 Å². The lowest BCUT2D eigenvalue weighted by atomic mass is 9.52. The molecule has 1 unspecified atom stereocenters. The van der Waals surface area contributed by atoms with Gasteiger partial charge in [0.2, 0.25) is 0 Å². The monoisotopic (exact) mass is 463 g/mol. The van der Waals surface area contributed by atoms with Crippen LogP contribution in [0.4, 0.5) is 0 Å². The van der Waals surface area contributed by atoms with Gasteiger partial charge in [-0.3, -0.25) is 0 Å². The first-order valence-corrected chi connectivity index (χ1v) is 11.8. The standard InChI is InChI=1S/C24H33NO8/c1-13(2)22(29)16(32-15(26)14-8-7-11-25-14)23(30)17(3)12-21(28)18(22,4)24(23,31)20(33-21)10-6-5-9-19(17,20)27/h7-8,11,13,16,25,27-31H,5-6,9-10,12H2,1-4H3/t16?,17-,18-,19-,20+,21-,22+,23+,24-/m0/s1. The van der Waals surface area contributed by atoms with Crippen LogP contribution in [0.15, 0.2) is 18.3 Å². The SMILES string of the molecule is CC(C)[C@@]1(O)C(OC(=O)c2ccc[nH]2)[C@@]2(O)[C@@]3(C)C[C@]4(O)O[C@@]5(CCCC[C@]35O)[C@@]2(O)[C@]14C. The number of hydrogen-bond donors (Lipinski definition) is 6. The van der Waals surface area contributed by atoms with Gasteiger partial charge in [-0.2, -0.15) is 0 Å². The van der Waals surface area contributed by atoms with Crippen LogP contribution in [0.2, 0.25) is 0 Å². The molecule has 7 rings (SSSR count). The summed E-state index contributed by atoms with van der Waals surface area (Å²) in [7, 11) is 0. The molecule has 182 valence electrons. The topological polar surface area (TPSA) is 152 Å². The van der Waals surface area contributed by atoms with Gasteiger partial charge < -0.3 is 40.0 Å². The van der Waals surface area contributed by atoms with E-state index in [-0.39, 0.29) is 25.0 Å². The van der Waals surface area contributed by atoms with Crippen molar-refractivity contribution >= 4 is 5.97 Å². The Kier molecular flexibility index (Phi) is 3.67. The number of hydrogen-bond acceptors (Lipinski definition) is 8. The van der Waals surface area contributed by atoms with Crippen LogP contribution in [0, 0.1) is 16.7 Å². The summed E-state index contributed by atoms with van der Waals surface area (Å²) >= 11 is 0. The maximum atomic E-state index is 13.1. The molecule has 4 aliphatic carbocycles. The van der Waals surface area contributed by atoms with Crippen molar-refractivity contribution in [2.45, 2.75) is 99.7 Å². The first-order valence-electron chi connectivity index (χ1n) is 11.8. The van der Waals surface area contributed by atoms with Crippen LogP contribution in [-0.2, 0) is 9.47 Å². The minimum absolute atomic E-state index is 0.121. The van der Waals surface area contributed by atoms with Crippen LogP contribution in [0.25, 0.3) is 0 Å². The molecular weight excluding hydrogens is 430 g/mol. The molecule has 0 radical (unpaired) electrons. The average Bonchev–Trinajstić information content (AvgIpc) is 3.36. The number of aliphatic hydroxyl groups is 5. The van der Waals surface area contributed by atoms with Crippen molar-refractivity contribution in [3.8, 4) is 0 Å². The Morgan fingerprint density at radius 2 is 1.82 bits per heavy atom. The van der Waals surface area contributed by atoms with E-state index < -0.39 is 62.6 Å². The smallest absolute Gasteiger partial charge is 0.355 e. The molecule has 1 aromatic heterocycles. The van der Waals surface area contributed by atoms with Crippen LogP contribution in [0.5, 0.6) is 0 Å². The summed E-state index contributed by atoms with van der Waals surface area (Å²) in [5.41, 5.74) is -13.3. The molecule has 33 heavy (non-hydrogen) atoms. The molecule has 0 aromatic carbocycles. The summed E-state index contributed by atoms with van der Waals surface area (Å²) in [4.78, 5) is 15.9. The maximum Gasteiger partial charge on any atom is 0.355 e. The molecule has 1 aromatic rings. The Labute approximate surface area is 191 Å². The zero-order chi connectivity index (χ0) is 24.1. The fourth-order valence-electron chi connectivity index (χ4n) is 9.37. The minimum atomic E-state index is -2.29. The zero-order valence-corrected chi connectivity index (χ0v) is 19.4. The van der Waals surface area contributed by atoms with E-state index >= 15 is 0 Å². The molecule has 9 nitrogen and oxygen atoms in total. The van der Waals surface area contributed by atoms with Crippen LogP contribution >= 0.6 is 0 Å². The van der Waals surface area contributed by atoms with Crippen molar-refractivity contribution in [1.82, 2.24) is 4.98 Å². The first kappa shape index (κ1) is 22.0. The third-order valence-corrected chi connectivity index (χ3v) is 10.8. The van der Waals surface area contributed by atoms with Gasteiger partial charge >= 0.3 is 5.97 Å². The van der Waals surface area contributed by atoms with Crippen LogP contribution < -0.4 is 0 Å². The number of H-pyrrole nitrogens is 1. The summed E-state index contributed by atoms with van der Waals surface area (Å²) in [6, 6.07) is 3.13. The number of nitrogens with one attached hydrogen (secondary N) is 1. The maximum absolute atomic E-state index is 13.1. The predicted octanol–water partition coefficient (Wildman–Crippen LogP) is 0.596. The molecule has 6 N–H and O–H groups in total. The van der Waals surface area contributed by atoms with E-state index in [0.29, 0.717) is 12.8 Å². The predicted molar refractivity (Wildman–Crippen MR) is 113 cm³/mol. The second-order valence-electron chi connectivity index (χ2n) is 11.7. The number of rotatable bonds is 3. The van der Waals surface area contributed by atoms with E-state index in [1.54, 1.807) is 33.0 Å². The minimum Gasteiger partial charge on any atom is -0.451 e. The fraction of sp³-hybridized carbons (Fsp3) is 0.792. The van der Waals surface area contributed by atoms with Gasteiger partial charge in [0, 0.05) is 18.0 Å². The Bertz CT molecular complexity index is 1060. The third-order valence-electron chi connectivity index (χ3n) is 10.8. The van der Waals surface area contributed by atoms with E-state index in [1.165, 1.54) is 13.0 Å². The molecular formula is C24H33NO8. The van der Waals surface area contributed by atoms with Crippen molar-refractivity contribution in [3.63, 3.8) is 0 Å². The molecule has 9 atom stereocenters. The molecule has 9 heteroatoms. The van der Waals surface area contributed by atoms with Crippen molar-refractivity contribution in [3.05, 3.63) is 24.0 Å². The number of esters is 1. The third kappa shape index (κ3) is 1.60. The number of aromatic amines is 1. The lowest BCUT2D eigenvalue weighted by molar-refractivity contribution is -0.376. The van der Waals surface area contributed by atoms with Gasteiger partial charge in [-0.25, -0.2) is 4.79 Å². The van der Waals surface area contributed by atoms with E-state index in [9.17, 15) is 30.3 Å². The molecule has 6 bridgehead atoms. The van der Waals surface area contributed by atoms with Gasteiger partial charge in [0.15, 0.2) is 11.9 Å². The average molecular weight is 464 g/mol. The Morgan fingerprint density at radius 1 is 1.15 bits per heavy atom. The summed E-state index contributed by atoms with van der Waals surface area (Å²) in [6.45, 7) is 6.49. The van der Waals surface area contributed by atoms with Crippen molar-refractivity contribution in [2.75, 3.05) is 0 Å². The van der Waals surface area contributed by atoms with Crippen LogP contribution in [-0.4, -0.2) is 76.4 Å². The Hall–Kier alpha value is -1.49. The summed E-state index contributed by atoms with van der Waals surface area (Å²) in [5.74, 6) is -3.53. The van der Waals surface area contributed by atoms with Gasteiger partial charge in [-0.05, 0) is 37.8 Å². The zero-order valence-electron chi connectivity index (χ0n) is 19.4. The molecule has 6 fully saturated rings. The molecule has 0 amide bonds. The first-order chi connectivity index (χ1) is 15.2. The van der Waals surface area contributed by atoms with Gasteiger partial charge in [-0.15, -0.1) is 0 Å². The second kappa shape index (κ2) is 5.50. The summed E-state index contributed by atoms with van der Waals surface area (Å²) in [5, 5.41) is 61.9. The number of carbonyl (C=O) groups excluding carboxylic acids is 1. The molecule has 2 saturated heterocycles. The number of aromatic nitrogens is 1. The van der Waals surface area contributed by atoms with Crippen molar-refractivity contribution < 1.29 is 39.8 Å². The number of carbonyl (C=O) groups is 1. The van der Waals surface area contributed by atoms with Crippen molar-refractivity contribution in [2.24, 2.45) is 16.7 Å². The summed E-state index contributed by atoms with van der Waals surface area (Å²) < 4.78 is 12.1. The Balaban J connectivity index is 1.67. The van der Waals surface area contributed by atoms with Gasteiger partial charge in [-0.1, -0.05) is 33.6 Å². The van der Waals surface area contributed by atoms with Crippen molar-refractivity contribution in [1.29, 1.82) is 0 Å². The van der Waals surface area contributed by atoms with E-state index in [2.05, 4.69) is 4.98 Å². The molecule has 6 aliphatic rings. The lowest BCUT2D eigenvalue weighted by Gasteiger charge is -2.59. The highest BCUT2D eigenvalue weighted by Crippen LogP contribution is 2.90. The molecule has 1 spiro atoms. The lowest BCUT2D eigenvalue weighted by Crippen LogP contribution is -2.73.